The van der Waals surface area contributed by atoms with Crippen molar-refractivity contribution in [1.29, 1.82) is 0 Å². The molecule has 1 aromatic carbocycles. The van der Waals surface area contributed by atoms with E-state index >= 15 is 0 Å². The van der Waals surface area contributed by atoms with E-state index < -0.39 is 0 Å². The first-order valence-corrected chi connectivity index (χ1v) is 11.3. The van der Waals surface area contributed by atoms with Crippen molar-refractivity contribution in [2.75, 3.05) is 39.4 Å². The highest BCUT2D eigenvalue weighted by Gasteiger charge is 2.29. The number of piperidine rings is 1. The van der Waals surface area contributed by atoms with Crippen molar-refractivity contribution in [2.45, 2.75) is 64.8 Å². The molecule has 1 aromatic rings. The zero-order valence-corrected chi connectivity index (χ0v) is 18.1. The smallest absolute Gasteiger partial charge is 0.0603 e. The minimum atomic E-state index is 0.527. The zero-order valence-electron chi connectivity index (χ0n) is 17.3. The highest BCUT2D eigenvalue weighted by atomic mass is 32.2. The molecule has 3 rings (SSSR count). The van der Waals surface area contributed by atoms with Crippen LogP contribution >= 0.6 is 11.9 Å². The molecule has 2 aliphatic rings. The zero-order chi connectivity index (χ0) is 18.8. The predicted molar refractivity (Wildman–Crippen MR) is 114 cm³/mol. The monoisotopic (exact) mass is 378 g/mol. The summed E-state index contributed by atoms with van der Waals surface area (Å²) < 4.78 is 7.82. The lowest BCUT2D eigenvalue weighted by molar-refractivity contribution is 0.0773. The molecule has 26 heavy (non-hydrogen) atoms. The normalized spacial score (nSPS) is 24.8. The molecule has 0 bridgehead atoms. The average Bonchev–Trinajstić information content (AvgIpc) is 2.66. The van der Waals surface area contributed by atoms with E-state index in [0.29, 0.717) is 5.41 Å². The van der Waals surface area contributed by atoms with Crippen LogP contribution in [0, 0.1) is 5.41 Å². The summed E-state index contributed by atoms with van der Waals surface area (Å²) in [5.41, 5.74) is 1.97. The summed E-state index contributed by atoms with van der Waals surface area (Å²) in [5, 5.41) is 0. The lowest BCUT2D eigenvalue weighted by Crippen LogP contribution is -2.41. The average molecular weight is 379 g/mol. The van der Waals surface area contributed by atoms with E-state index in [4.69, 9.17) is 4.74 Å². The molecular formula is C22H38N2OS. The van der Waals surface area contributed by atoms with E-state index in [9.17, 15) is 0 Å². The number of hydrogen-bond acceptors (Lipinski definition) is 4. The second-order valence-corrected chi connectivity index (χ2v) is 8.82. The van der Waals surface area contributed by atoms with Crippen molar-refractivity contribution >= 4 is 11.9 Å². The fourth-order valence-corrected chi connectivity index (χ4v) is 4.96. The molecule has 2 saturated heterocycles. The number of morpholine rings is 1. The van der Waals surface area contributed by atoms with Gasteiger partial charge in [-0.1, -0.05) is 46.2 Å². The Morgan fingerprint density at radius 1 is 1.08 bits per heavy atom. The van der Waals surface area contributed by atoms with Crippen LogP contribution in [0.2, 0.25) is 0 Å². The Hall–Kier alpha value is -0.550. The maximum atomic E-state index is 5.41. The van der Waals surface area contributed by atoms with Gasteiger partial charge in [0.05, 0.1) is 13.2 Å². The first-order chi connectivity index (χ1) is 12.7. The molecule has 2 heterocycles. The minimum Gasteiger partial charge on any atom is -0.379 e. The van der Waals surface area contributed by atoms with Crippen molar-refractivity contribution in [2.24, 2.45) is 5.41 Å². The van der Waals surface area contributed by atoms with Gasteiger partial charge in [0.15, 0.2) is 0 Å². The SMILES string of the molecule is CC.CCCC1(C)CCCN(Cc2ccc(SN3CCOCC3)cc2)C1. The highest BCUT2D eigenvalue weighted by molar-refractivity contribution is 7.97. The molecule has 1 unspecified atom stereocenters. The number of likely N-dealkylation sites (tertiary alicyclic amines) is 1. The molecule has 2 aliphatic heterocycles. The lowest BCUT2D eigenvalue weighted by Gasteiger charge is -2.40. The summed E-state index contributed by atoms with van der Waals surface area (Å²) in [5.74, 6) is 0. The van der Waals surface area contributed by atoms with Gasteiger partial charge in [0.1, 0.15) is 0 Å². The van der Waals surface area contributed by atoms with Crippen LogP contribution in [0.3, 0.4) is 0 Å². The third-order valence-corrected chi connectivity index (χ3v) is 6.35. The van der Waals surface area contributed by atoms with Crippen LogP contribution in [0.15, 0.2) is 29.2 Å². The molecule has 0 N–H and O–H groups in total. The van der Waals surface area contributed by atoms with Gasteiger partial charge in [0.2, 0.25) is 0 Å². The second-order valence-electron chi connectivity index (χ2n) is 7.65. The summed E-state index contributed by atoms with van der Waals surface area (Å²) in [4.78, 5) is 4.00. The van der Waals surface area contributed by atoms with E-state index in [-0.39, 0.29) is 0 Å². The fourth-order valence-electron chi connectivity index (χ4n) is 4.07. The summed E-state index contributed by atoms with van der Waals surface area (Å²) in [6.45, 7) is 16.2. The quantitative estimate of drug-likeness (QED) is 0.611. The molecule has 2 fully saturated rings. The van der Waals surface area contributed by atoms with Gasteiger partial charge in [-0.2, -0.15) is 0 Å². The van der Waals surface area contributed by atoms with E-state index in [1.165, 1.54) is 49.2 Å². The third kappa shape index (κ3) is 6.88. The maximum Gasteiger partial charge on any atom is 0.0603 e. The Bertz CT molecular complexity index is 497. The van der Waals surface area contributed by atoms with Crippen LogP contribution in [0.25, 0.3) is 0 Å². The summed E-state index contributed by atoms with van der Waals surface area (Å²) in [6.07, 6.45) is 5.41. The molecule has 0 aliphatic carbocycles. The summed E-state index contributed by atoms with van der Waals surface area (Å²) in [7, 11) is 0. The van der Waals surface area contributed by atoms with Gasteiger partial charge in [0.25, 0.3) is 0 Å². The fraction of sp³-hybridized carbons (Fsp3) is 0.727. The Morgan fingerprint density at radius 3 is 2.42 bits per heavy atom. The van der Waals surface area contributed by atoms with Gasteiger partial charge >= 0.3 is 0 Å². The van der Waals surface area contributed by atoms with Gasteiger partial charge in [-0.05, 0) is 60.9 Å². The maximum absolute atomic E-state index is 5.41. The van der Waals surface area contributed by atoms with Crippen LogP contribution < -0.4 is 0 Å². The van der Waals surface area contributed by atoms with Gasteiger partial charge < -0.3 is 4.74 Å². The molecule has 148 valence electrons. The van der Waals surface area contributed by atoms with Crippen molar-refractivity contribution in [3.8, 4) is 0 Å². The number of rotatable bonds is 6. The summed E-state index contributed by atoms with van der Waals surface area (Å²) >= 11 is 1.87. The topological polar surface area (TPSA) is 15.7 Å². The number of nitrogens with zero attached hydrogens (tertiary/aromatic N) is 2. The van der Waals surface area contributed by atoms with Crippen LogP contribution in [0.4, 0.5) is 0 Å². The van der Waals surface area contributed by atoms with Crippen LogP contribution in [-0.4, -0.2) is 48.6 Å². The Labute approximate surface area is 165 Å². The number of ether oxygens (including phenoxy) is 1. The molecule has 0 saturated carbocycles. The number of benzene rings is 1. The summed E-state index contributed by atoms with van der Waals surface area (Å²) in [6, 6.07) is 9.19. The molecule has 0 spiro atoms. The highest BCUT2D eigenvalue weighted by Crippen LogP contribution is 2.34. The molecule has 0 aromatic heterocycles. The lowest BCUT2D eigenvalue weighted by atomic mass is 9.78. The third-order valence-electron chi connectivity index (χ3n) is 5.25. The van der Waals surface area contributed by atoms with Crippen LogP contribution in [0.1, 0.15) is 58.9 Å². The van der Waals surface area contributed by atoms with E-state index in [1.54, 1.807) is 0 Å². The minimum absolute atomic E-state index is 0.527. The molecule has 3 nitrogen and oxygen atoms in total. The predicted octanol–water partition coefficient (Wildman–Crippen LogP) is 5.45. The van der Waals surface area contributed by atoms with Crippen molar-refractivity contribution in [3.63, 3.8) is 0 Å². The van der Waals surface area contributed by atoms with E-state index in [2.05, 4.69) is 47.3 Å². The number of hydrogen-bond donors (Lipinski definition) is 0. The van der Waals surface area contributed by atoms with Crippen molar-refractivity contribution < 1.29 is 4.74 Å². The molecular weight excluding hydrogens is 340 g/mol. The molecule has 0 radical (unpaired) electrons. The Morgan fingerprint density at radius 2 is 1.77 bits per heavy atom. The van der Waals surface area contributed by atoms with Crippen molar-refractivity contribution in [1.82, 2.24) is 9.21 Å². The first-order valence-electron chi connectivity index (χ1n) is 10.5. The Kier molecular flexibility index (Phi) is 9.48. The first kappa shape index (κ1) is 21.7. The molecule has 4 heteroatoms. The van der Waals surface area contributed by atoms with E-state index in [0.717, 1.165) is 32.8 Å². The van der Waals surface area contributed by atoms with Gasteiger partial charge in [-0.25, -0.2) is 4.31 Å². The molecule has 0 amide bonds. The molecule has 1 atom stereocenters. The van der Waals surface area contributed by atoms with Gasteiger partial charge in [0, 0.05) is 31.1 Å². The largest absolute Gasteiger partial charge is 0.379 e. The van der Waals surface area contributed by atoms with Crippen molar-refractivity contribution in [3.05, 3.63) is 29.8 Å². The van der Waals surface area contributed by atoms with Gasteiger partial charge in [-0.15, -0.1) is 0 Å². The van der Waals surface area contributed by atoms with E-state index in [1.807, 2.05) is 25.8 Å². The van der Waals surface area contributed by atoms with Crippen LogP contribution in [0.5, 0.6) is 0 Å². The van der Waals surface area contributed by atoms with Crippen LogP contribution in [-0.2, 0) is 11.3 Å². The second kappa shape index (κ2) is 11.3. The standard InChI is InChI=1S/C20H32N2OS.C2H6/c1-3-9-20(2)10-4-11-21(17-20)16-18-5-7-19(8-6-18)24-22-12-14-23-15-13-22;1-2/h5-8H,3-4,9-17H2,1-2H3;1-2H3. The Balaban J connectivity index is 0.00000117. The van der Waals surface area contributed by atoms with Gasteiger partial charge in [-0.3, -0.25) is 4.90 Å².